The summed E-state index contributed by atoms with van der Waals surface area (Å²) in [6, 6.07) is 1.61. The molecule has 0 bridgehead atoms. The minimum atomic E-state index is -0.246. The van der Waals surface area contributed by atoms with Gasteiger partial charge in [0.25, 0.3) is 5.91 Å². The van der Waals surface area contributed by atoms with Crippen LogP contribution in [0.2, 0.25) is 0 Å². The van der Waals surface area contributed by atoms with Crippen LogP contribution in [0.4, 0.5) is 0 Å². The van der Waals surface area contributed by atoms with E-state index in [4.69, 9.17) is 5.11 Å². The number of nitrogens with zero attached hydrogens (tertiary/aromatic N) is 2. The van der Waals surface area contributed by atoms with Crippen LogP contribution in [0.15, 0.2) is 18.5 Å². The first-order valence-electron chi connectivity index (χ1n) is 6.09. The monoisotopic (exact) mass is 275 g/mol. The third-order valence-corrected chi connectivity index (χ3v) is 2.60. The average Bonchev–Trinajstić information content (AvgIpc) is 2.49. The lowest BCUT2D eigenvalue weighted by molar-refractivity contribution is -0.120. The van der Waals surface area contributed by atoms with Gasteiger partial charge >= 0.3 is 0 Å². The van der Waals surface area contributed by atoms with Crippen LogP contribution in [0, 0.1) is 11.8 Å². The molecule has 2 N–H and O–H groups in total. The van der Waals surface area contributed by atoms with Crippen LogP contribution in [0.1, 0.15) is 22.3 Å². The van der Waals surface area contributed by atoms with Crippen LogP contribution in [0.5, 0.6) is 0 Å². The van der Waals surface area contributed by atoms with Crippen molar-refractivity contribution in [2.45, 2.75) is 6.42 Å². The Hall–Kier alpha value is -2.39. The molecule has 0 aromatic carbocycles. The molecule has 1 aromatic rings. The zero-order chi connectivity index (χ0) is 15.0. The van der Waals surface area contributed by atoms with E-state index in [1.165, 1.54) is 17.3 Å². The number of aliphatic hydroxyl groups excluding tert-OH is 1. The Morgan fingerprint density at radius 1 is 1.45 bits per heavy atom. The first kappa shape index (κ1) is 15.7. The lowest BCUT2D eigenvalue weighted by Crippen LogP contribution is -2.31. The number of hydrogen-bond donors (Lipinski definition) is 2. The van der Waals surface area contributed by atoms with Crippen molar-refractivity contribution in [3.05, 3.63) is 29.6 Å². The zero-order valence-electron chi connectivity index (χ0n) is 11.5. The van der Waals surface area contributed by atoms with E-state index in [-0.39, 0.29) is 24.8 Å². The molecule has 0 saturated heterocycles. The summed E-state index contributed by atoms with van der Waals surface area (Å²) in [7, 11) is 3.18. The summed E-state index contributed by atoms with van der Waals surface area (Å²) in [6.07, 6.45) is 3.21. The molecule has 1 rings (SSSR count). The first-order chi connectivity index (χ1) is 9.58. The zero-order valence-corrected chi connectivity index (χ0v) is 11.5. The molecule has 0 aliphatic rings. The second-order valence-electron chi connectivity index (χ2n) is 4.07. The standard InChI is InChI=1S/C14H17N3O3/c1-15-13(19)5-6-17(2)14(20)12-8-11(4-3-7-18)9-16-10-12/h8-10,18H,5-7H2,1-2H3,(H,15,19). The highest BCUT2D eigenvalue weighted by Gasteiger charge is 2.13. The highest BCUT2D eigenvalue weighted by atomic mass is 16.2. The van der Waals surface area contributed by atoms with Crippen LogP contribution >= 0.6 is 0 Å². The van der Waals surface area contributed by atoms with Crippen LogP contribution in [0.25, 0.3) is 0 Å². The Bertz CT molecular complexity index is 546. The number of carbonyl (C=O) groups excluding carboxylic acids is 2. The molecular formula is C14H17N3O3. The van der Waals surface area contributed by atoms with Gasteiger partial charge in [0.05, 0.1) is 5.56 Å². The highest BCUT2D eigenvalue weighted by Crippen LogP contribution is 2.05. The maximum absolute atomic E-state index is 12.1. The Balaban J connectivity index is 2.73. The molecule has 106 valence electrons. The van der Waals surface area contributed by atoms with Gasteiger partial charge in [0, 0.05) is 45.0 Å². The lowest BCUT2D eigenvalue weighted by atomic mass is 10.2. The second-order valence-corrected chi connectivity index (χ2v) is 4.07. The summed E-state index contributed by atoms with van der Waals surface area (Å²) in [6.45, 7) is 0.0786. The van der Waals surface area contributed by atoms with E-state index < -0.39 is 0 Å². The molecule has 0 aliphatic heterocycles. The first-order valence-corrected chi connectivity index (χ1v) is 6.09. The number of nitrogens with one attached hydrogen (secondary N) is 1. The minimum absolute atomic E-state index is 0.120. The van der Waals surface area contributed by atoms with Gasteiger partial charge < -0.3 is 15.3 Å². The Labute approximate surface area is 117 Å². The molecule has 0 aliphatic carbocycles. The minimum Gasteiger partial charge on any atom is -0.384 e. The van der Waals surface area contributed by atoms with E-state index in [1.54, 1.807) is 20.2 Å². The SMILES string of the molecule is CNC(=O)CCN(C)C(=O)c1cncc(C#CCO)c1. The van der Waals surface area contributed by atoms with E-state index in [1.807, 2.05) is 0 Å². The van der Waals surface area contributed by atoms with E-state index in [0.29, 0.717) is 17.7 Å². The molecule has 0 fully saturated rings. The van der Waals surface area contributed by atoms with Gasteiger partial charge in [-0.1, -0.05) is 11.8 Å². The number of aliphatic hydroxyl groups is 1. The largest absolute Gasteiger partial charge is 0.384 e. The van der Waals surface area contributed by atoms with Gasteiger partial charge in [0.1, 0.15) is 6.61 Å². The van der Waals surface area contributed by atoms with Crippen LogP contribution in [-0.4, -0.2) is 54.1 Å². The number of pyridine rings is 1. The number of rotatable bonds is 4. The van der Waals surface area contributed by atoms with Crippen molar-refractivity contribution in [3.63, 3.8) is 0 Å². The van der Waals surface area contributed by atoms with Crippen molar-refractivity contribution in [2.24, 2.45) is 0 Å². The number of aromatic nitrogens is 1. The van der Waals surface area contributed by atoms with Crippen molar-refractivity contribution in [1.82, 2.24) is 15.2 Å². The molecule has 0 spiro atoms. The highest BCUT2D eigenvalue weighted by molar-refractivity contribution is 5.94. The predicted molar refractivity (Wildman–Crippen MR) is 73.8 cm³/mol. The summed E-state index contributed by atoms with van der Waals surface area (Å²) in [5.74, 6) is 4.84. The molecular weight excluding hydrogens is 258 g/mol. The number of amides is 2. The average molecular weight is 275 g/mol. The van der Waals surface area contributed by atoms with Crippen molar-refractivity contribution >= 4 is 11.8 Å². The Morgan fingerprint density at radius 2 is 2.20 bits per heavy atom. The molecule has 6 heteroatoms. The maximum Gasteiger partial charge on any atom is 0.255 e. The van der Waals surface area contributed by atoms with Crippen molar-refractivity contribution in [3.8, 4) is 11.8 Å². The second kappa shape index (κ2) is 7.92. The smallest absolute Gasteiger partial charge is 0.255 e. The molecule has 20 heavy (non-hydrogen) atoms. The summed E-state index contributed by atoms with van der Waals surface area (Å²) >= 11 is 0. The summed E-state index contributed by atoms with van der Waals surface area (Å²) < 4.78 is 0. The molecule has 0 saturated carbocycles. The van der Waals surface area contributed by atoms with Crippen LogP contribution < -0.4 is 5.32 Å². The number of carbonyl (C=O) groups is 2. The third kappa shape index (κ3) is 4.71. The van der Waals surface area contributed by atoms with Crippen molar-refractivity contribution in [1.29, 1.82) is 0 Å². The van der Waals surface area contributed by atoms with Gasteiger partial charge in [-0.2, -0.15) is 0 Å². The van der Waals surface area contributed by atoms with Crippen molar-refractivity contribution in [2.75, 3.05) is 27.2 Å². The predicted octanol–water partition coefficient (Wildman–Crippen LogP) is -0.367. The fourth-order valence-electron chi connectivity index (χ4n) is 1.48. The van der Waals surface area contributed by atoms with Gasteiger partial charge in [0.15, 0.2) is 0 Å². The third-order valence-electron chi connectivity index (χ3n) is 2.60. The van der Waals surface area contributed by atoms with Gasteiger partial charge in [0.2, 0.25) is 5.91 Å². The lowest BCUT2D eigenvalue weighted by Gasteiger charge is -2.16. The Morgan fingerprint density at radius 3 is 2.85 bits per heavy atom. The van der Waals surface area contributed by atoms with Gasteiger partial charge in [-0.3, -0.25) is 14.6 Å². The summed E-state index contributed by atoms with van der Waals surface area (Å²) in [4.78, 5) is 28.7. The summed E-state index contributed by atoms with van der Waals surface area (Å²) in [5.41, 5.74) is 0.957. The molecule has 6 nitrogen and oxygen atoms in total. The van der Waals surface area contributed by atoms with Gasteiger partial charge in [-0.05, 0) is 6.07 Å². The fraction of sp³-hybridized carbons (Fsp3) is 0.357. The van der Waals surface area contributed by atoms with Crippen LogP contribution in [-0.2, 0) is 4.79 Å². The number of hydrogen-bond acceptors (Lipinski definition) is 4. The molecule has 2 amide bonds. The van der Waals surface area contributed by atoms with Crippen molar-refractivity contribution < 1.29 is 14.7 Å². The quantitative estimate of drug-likeness (QED) is 0.735. The van der Waals surface area contributed by atoms with E-state index in [0.717, 1.165) is 0 Å². The molecule has 0 unspecified atom stereocenters. The molecule has 0 atom stereocenters. The van der Waals surface area contributed by atoms with Gasteiger partial charge in [-0.25, -0.2) is 0 Å². The van der Waals surface area contributed by atoms with E-state index >= 15 is 0 Å². The topological polar surface area (TPSA) is 82.5 Å². The normalized spacial score (nSPS) is 9.35. The van der Waals surface area contributed by atoms with E-state index in [9.17, 15) is 9.59 Å². The molecule has 0 radical (unpaired) electrons. The molecule has 1 aromatic heterocycles. The fourth-order valence-corrected chi connectivity index (χ4v) is 1.48. The van der Waals surface area contributed by atoms with Crippen LogP contribution in [0.3, 0.4) is 0 Å². The Kier molecular flexibility index (Phi) is 6.20. The van der Waals surface area contributed by atoms with E-state index in [2.05, 4.69) is 22.1 Å². The maximum atomic E-state index is 12.1. The van der Waals surface area contributed by atoms with Gasteiger partial charge in [-0.15, -0.1) is 0 Å². The summed E-state index contributed by atoms with van der Waals surface area (Å²) in [5, 5.41) is 11.1. The molecule has 1 heterocycles.